The molecule has 0 saturated heterocycles. The Kier molecular flexibility index (Phi) is 2.50. The minimum absolute atomic E-state index is 0.523. The van der Waals surface area contributed by atoms with E-state index in [1.807, 2.05) is 0 Å². The molecule has 0 unspecified atom stereocenters. The molecule has 34 valence electrons. The summed E-state index contributed by atoms with van der Waals surface area (Å²) >= 11 is 4.92. The van der Waals surface area contributed by atoms with Crippen molar-refractivity contribution in [3.63, 3.8) is 0 Å². The molecular formula is C3H4ClNO. The Bertz CT molecular complexity index is 78.9. The molecule has 0 saturated carbocycles. The highest BCUT2D eigenvalue weighted by Crippen LogP contribution is 1.72. The topological polar surface area (TPSA) is 43.1 Å². The average Bonchev–Trinajstić information content (AvgIpc) is 1.35. The zero-order valence-electron chi connectivity index (χ0n) is 3.02. The van der Waals surface area contributed by atoms with Crippen LogP contribution in [-0.2, 0) is 4.79 Å². The predicted molar refractivity (Wildman–Crippen MR) is 24.2 cm³/mol. The standard InChI is InChI=1S/C3H4ClNO/c4-2-1-3(5)6/h1-2H,(H2,5,6)/b2-1+. The van der Waals surface area contributed by atoms with Crippen LogP contribution in [0.5, 0.6) is 0 Å². The smallest absolute Gasteiger partial charge is 0.242 e. The molecule has 2 N–H and O–H groups in total. The van der Waals surface area contributed by atoms with Crippen molar-refractivity contribution in [3.05, 3.63) is 11.6 Å². The molecule has 0 spiro atoms. The van der Waals surface area contributed by atoms with E-state index < -0.39 is 5.91 Å². The molecule has 1 amide bonds. The lowest BCUT2D eigenvalue weighted by molar-refractivity contribution is -0.113. The van der Waals surface area contributed by atoms with Gasteiger partial charge >= 0.3 is 0 Å². The summed E-state index contributed by atoms with van der Waals surface area (Å²) < 4.78 is 0. The van der Waals surface area contributed by atoms with E-state index in [-0.39, 0.29) is 0 Å². The second kappa shape index (κ2) is 2.72. The summed E-state index contributed by atoms with van der Waals surface area (Å²) in [4.78, 5) is 9.65. The van der Waals surface area contributed by atoms with E-state index in [4.69, 9.17) is 11.6 Å². The van der Waals surface area contributed by atoms with Crippen molar-refractivity contribution in [2.45, 2.75) is 0 Å². The van der Waals surface area contributed by atoms with Crippen LogP contribution < -0.4 is 5.73 Å². The Morgan fingerprint density at radius 2 is 2.33 bits per heavy atom. The second-order valence-corrected chi connectivity index (χ2v) is 0.947. The van der Waals surface area contributed by atoms with Crippen molar-refractivity contribution in [1.29, 1.82) is 0 Å². The first-order chi connectivity index (χ1) is 2.77. The van der Waals surface area contributed by atoms with Gasteiger partial charge in [0.15, 0.2) is 0 Å². The van der Waals surface area contributed by atoms with Gasteiger partial charge in [0.05, 0.1) is 0 Å². The molecule has 0 aromatic rings. The van der Waals surface area contributed by atoms with Crippen molar-refractivity contribution < 1.29 is 4.79 Å². The molecule has 0 heterocycles. The van der Waals surface area contributed by atoms with Crippen molar-refractivity contribution in [3.8, 4) is 0 Å². The molecule has 0 aliphatic heterocycles. The fraction of sp³-hybridized carbons (Fsp3) is 0. The maximum Gasteiger partial charge on any atom is 0.242 e. The van der Waals surface area contributed by atoms with Gasteiger partial charge < -0.3 is 5.73 Å². The lowest BCUT2D eigenvalue weighted by Crippen LogP contribution is -2.04. The maximum atomic E-state index is 9.65. The summed E-state index contributed by atoms with van der Waals surface area (Å²) in [5.41, 5.74) is 5.66. The first-order valence-electron chi connectivity index (χ1n) is 1.33. The summed E-state index contributed by atoms with van der Waals surface area (Å²) in [6.07, 6.45) is 1.07. The highest BCUT2D eigenvalue weighted by atomic mass is 35.5. The van der Waals surface area contributed by atoms with Gasteiger partial charge in [-0.05, 0) is 0 Å². The first-order valence-corrected chi connectivity index (χ1v) is 1.77. The molecule has 0 aromatic heterocycles. The minimum atomic E-state index is -0.523. The molecule has 2 nitrogen and oxygen atoms in total. The Hall–Kier alpha value is -0.500. The van der Waals surface area contributed by atoms with Crippen LogP contribution >= 0.6 is 11.6 Å². The highest BCUT2D eigenvalue weighted by molar-refractivity contribution is 6.26. The van der Waals surface area contributed by atoms with Crippen LogP contribution in [-0.4, -0.2) is 5.91 Å². The molecule has 0 rings (SSSR count). The number of nitrogens with two attached hydrogens (primary N) is 1. The number of hydrogen-bond donors (Lipinski definition) is 1. The van der Waals surface area contributed by atoms with E-state index in [1.54, 1.807) is 0 Å². The van der Waals surface area contributed by atoms with E-state index in [9.17, 15) is 4.79 Å². The largest absolute Gasteiger partial charge is 0.366 e. The minimum Gasteiger partial charge on any atom is -0.366 e. The van der Waals surface area contributed by atoms with Crippen molar-refractivity contribution >= 4 is 17.5 Å². The number of amides is 1. The number of carbonyl (C=O) groups is 1. The third-order valence-corrected chi connectivity index (χ3v) is 0.353. The van der Waals surface area contributed by atoms with Crippen LogP contribution in [0.2, 0.25) is 0 Å². The zero-order chi connectivity index (χ0) is 4.99. The van der Waals surface area contributed by atoms with Gasteiger partial charge in [-0.1, -0.05) is 11.6 Å². The average molecular weight is 106 g/mol. The second-order valence-electron chi connectivity index (χ2n) is 0.695. The van der Waals surface area contributed by atoms with Gasteiger partial charge in [-0.25, -0.2) is 0 Å². The van der Waals surface area contributed by atoms with E-state index in [1.165, 1.54) is 0 Å². The van der Waals surface area contributed by atoms with Gasteiger partial charge in [0.25, 0.3) is 0 Å². The number of hydrogen-bond acceptors (Lipinski definition) is 1. The van der Waals surface area contributed by atoms with Crippen LogP contribution in [0, 0.1) is 0 Å². The third kappa shape index (κ3) is 3.50. The molecule has 0 bridgehead atoms. The monoisotopic (exact) mass is 105 g/mol. The Morgan fingerprint density at radius 3 is 2.33 bits per heavy atom. The van der Waals surface area contributed by atoms with E-state index in [0.29, 0.717) is 0 Å². The van der Waals surface area contributed by atoms with Gasteiger partial charge in [-0.3, -0.25) is 4.79 Å². The Labute approximate surface area is 40.6 Å². The maximum absolute atomic E-state index is 9.65. The SMILES string of the molecule is NC(=O)/C=C/Cl. The summed E-state index contributed by atoms with van der Waals surface area (Å²) in [7, 11) is 0. The van der Waals surface area contributed by atoms with Gasteiger partial charge in [0.1, 0.15) is 0 Å². The van der Waals surface area contributed by atoms with Crippen molar-refractivity contribution in [2.24, 2.45) is 5.73 Å². The molecule has 3 heteroatoms. The summed E-state index contributed by atoms with van der Waals surface area (Å²) in [6, 6.07) is 0. The van der Waals surface area contributed by atoms with E-state index >= 15 is 0 Å². The lowest BCUT2D eigenvalue weighted by Gasteiger charge is -1.68. The normalized spacial score (nSPS) is 9.50. The highest BCUT2D eigenvalue weighted by Gasteiger charge is 1.74. The van der Waals surface area contributed by atoms with Gasteiger partial charge in [-0.2, -0.15) is 0 Å². The van der Waals surface area contributed by atoms with Crippen molar-refractivity contribution in [1.82, 2.24) is 0 Å². The molecule has 0 radical (unpaired) electrons. The van der Waals surface area contributed by atoms with Gasteiger partial charge in [0, 0.05) is 11.6 Å². The first kappa shape index (κ1) is 5.50. The van der Waals surface area contributed by atoms with E-state index in [0.717, 1.165) is 11.6 Å². The summed E-state index contributed by atoms with van der Waals surface area (Å²) in [5.74, 6) is -0.523. The van der Waals surface area contributed by atoms with Crippen LogP contribution in [0.3, 0.4) is 0 Å². The quantitative estimate of drug-likeness (QED) is 0.477. The fourth-order valence-electron chi connectivity index (χ4n) is 0.0621. The fourth-order valence-corrected chi connectivity index (χ4v) is 0.186. The van der Waals surface area contributed by atoms with Crippen LogP contribution in [0.4, 0.5) is 0 Å². The van der Waals surface area contributed by atoms with Crippen LogP contribution in [0.1, 0.15) is 0 Å². The van der Waals surface area contributed by atoms with E-state index in [2.05, 4.69) is 5.73 Å². The predicted octanol–water partition coefficient (Wildman–Crippen LogP) is 0.224. The van der Waals surface area contributed by atoms with Gasteiger partial charge in [0.2, 0.25) is 5.91 Å². The number of halogens is 1. The molecule has 6 heavy (non-hydrogen) atoms. The molecule has 0 aliphatic carbocycles. The molecule has 0 aliphatic rings. The van der Waals surface area contributed by atoms with Gasteiger partial charge in [-0.15, -0.1) is 0 Å². The number of rotatable bonds is 1. The molecular weight excluding hydrogens is 101 g/mol. The van der Waals surface area contributed by atoms with Crippen LogP contribution in [0.25, 0.3) is 0 Å². The van der Waals surface area contributed by atoms with Crippen molar-refractivity contribution in [2.75, 3.05) is 0 Å². The third-order valence-electron chi connectivity index (χ3n) is 0.227. The Balaban J connectivity index is 3.30. The Morgan fingerprint density at radius 1 is 1.83 bits per heavy atom. The molecule has 0 atom stereocenters. The summed E-state index contributed by atoms with van der Waals surface area (Å²) in [5, 5.41) is 0. The lowest BCUT2D eigenvalue weighted by atomic mass is 10.6. The van der Waals surface area contributed by atoms with Crippen LogP contribution in [0.15, 0.2) is 11.6 Å². The number of primary amides is 1. The zero-order valence-corrected chi connectivity index (χ0v) is 3.77. The molecule has 0 fully saturated rings. The summed E-state index contributed by atoms with van der Waals surface area (Å²) in [6.45, 7) is 0. The number of carbonyl (C=O) groups excluding carboxylic acids is 1. The molecule has 0 aromatic carbocycles.